The van der Waals surface area contributed by atoms with Gasteiger partial charge in [0.2, 0.25) is 0 Å². The van der Waals surface area contributed by atoms with E-state index in [1.54, 1.807) is 0 Å². The Morgan fingerprint density at radius 2 is 1.86 bits per heavy atom. The standard InChI is InChI=1S/C21H21ClFNO5/c1-2-3-6-10-28-16-12-15(18(23)19(17(16)22)29-11-9-25)24-20(26)13-7-4-5-8-14(13)21(24)27/h11-12H,2-8,10H2,1H3. The Morgan fingerprint density at radius 3 is 2.45 bits per heavy atom. The van der Waals surface area contributed by atoms with E-state index in [0.717, 1.165) is 37.0 Å². The molecule has 0 bridgehead atoms. The summed E-state index contributed by atoms with van der Waals surface area (Å²) in [5.41, 5.74) is 0.547. The van der Waals surface area contributed by atoms with Crippen molar-refractivity contribution in [3.05, 3.63) is 34.3 Å². The van der Waals surface area contributed by atoms with E-state index >= 15 is 4.39 Å². The molecule has 2 aliphatic rings. The number of benzene rings is 1. The number of halogens is 2. The molecular weight excluding hydrogens is 401 g/mol. The summed E-state index contributed by atoms with van der Waals surface area (Å²) >= 11 is 6.20. The van der Waals surface area contributed by atoms with Crippen LogP contribution in [0.1, 0.15) is 51.9 Å². The van der Waals surface area contributed by atoms with Gasteiger partial charge in [0.15, 0.2) is 23.8 Å². The molecule has 1 aliphatic heterocycles. The fourth-order valence-corrected chi connectivity index (χ4v) is 3.76. The average Bonchev–Trinajstić information content (AvgIpc) is 2.98. The Hall–Kier alpha value is -2.63. The molecule has 0 N–H and O–H groups in total. The molecule has 0 unspecified atom stereocenters. The molecule has 154 valence electrons. The summed E-state index contributed by atoms with van der Waals surface area (Å²) in [6.45, 7) is 2.36. The first-order valence-electron chi connectivity index (χ1n) is 9.62. The van der Waals surface area contributed by atoms with Crippen molar-refractivity contribution in [2.45, 2.75) is 51.9 Å². The number of amides is 2. The van der Waals surface area contributed by atoms with Crippen molar-refractivity contribution in [2.24, 2.45) is 0 Å². The van der Waals surface area contributed by atoms with E-state index in [1.165, 1.54) is 12.0 Å². The predicted octanol–water partition coefficient (Wildman–Crippen LogP) is 4.52. The van der Waals surface area contributed by atoms with Crippen LogP contribution in [-0.2, 0) is 14.4 Å². The summed E-state index contributed by atoms with van der Waals surface area (Å²) in [5, 5.41) is -0.189. The number of rotatable bonds is 8. The highest BCUT2D eigenvalue weighted by Gasteiger charge is 2.42. The minimum Gasteiger partial charge on any atom is -0.492 e. The van der Waals surface area contributed by atoms with Gasteiger partial charge in [0.1, 0.15) is 10.8 Å². The molecular formula is C21H21ClFNO5. The van der Waals surface area contributed by atoms with E-state index in [4.69, 9.17) is 21.1 Å². The highest BCUT2D eigenvalue weighted by atomic mass is 35.5. The summed E-state index contributed by atoms with van der Waals surface area (Å²) in [6.07, 6.45) is 5.86. The van der Waals surface area contributed by atoms with Gasteiger partial charge in [-0.3, -0.25) is 9.59 Å². The van der Waals surface area contributed by atoms with Gasteiger partial charge in [-0.2, -0.15) is 0 Å². The second-order valence-corrected chi connectivity index (χ2v) is 7.25. The van der Waals surface area contributed by atoms with Crippen LogP contribution < -0.4 is 14.4 Å². The van der Waals surface area contributed by atoms with E-state index in [1.807, 2.05) is 6.92 Å². The number of unbranched alkanes of at least 4 members (excludes halogenated alkanes) is 2. The van der Waals surface area contributed by atoms with Crippen LogP contribution in [0.15, 0.2) is 23.5 Å². The average molecular weight is 422 g/mol. The Kier molecular flexibility index (Phi) is 6.72. The van der Waals surface area contributed by atoms with Crippen molar-refractivity contribution >= 4 is 35.0 Å². The van der Waals surface area contributed by atoms with Gasteiger partial charge in [0, 0.05) is 17.2 Å². The first-order chi connectivity index (χ1) is 14.0. The number of anilines is 1. The summed E-state index contributed by atoms with van der Waals surface area (Å²) in [5.74, 6) is -1.16. The molecule has 8 heteroatoms. The molecule has 0 atom stereocenters. The lowest BCUT2D eigenvalue weighted by Gasteiger charge is -2.20. The predicted molar refractivity (Wildman–Crippen MR) is 105 cm³/mol. The number of carbonyl (C=O) groups excluding carboxylic acids is 3. The molecule has 1 aromatic carbocycles. The van der Waals surface area contributed by atoms with Crippen LogP contribution in [0.25, 0.3) is 0 Å². The first kappa shape index (κ1) is 21.1. The number of imide groups is 1. The normalized spacial score (nSPS) is 16.0. The van der Waals surface area contributed by atoms with Crippen molar-refractivity contribution in [3.8, 4) is 11.5 Å². The maximum atomic E-state index is 15.2. The fraction of sp³-hybridized carbons (Fsp3) is 0.429. The second-order valence-electron chi connectivity index (χ2n) is 6.87. The van der Waals surface area contributed by atoms with E-state index in [2.05, 4.69) is 0 Å². The fourth-order valence-electron chi connectivity index (χ4n) is 3.52. The van der Waals surface area contributed by atoms with E-state index in [9.17, 15) is 14.4 Å². The highest BCUT2D eigenvalue weighted by molar-refractivity contribution is 6.35. The second kappa shape index (κ2) is 9.25. The lowest BCUT2D eigenvalue weighted by molar-refractivity contribution is -0.120. The summed E-state index contributed by atoms with van der Waals surface area (Å²) < 4.78 is 25.8. The molecule has 0 radical (unpaired) electrons. The van der Waals surface area contributed by atoms with Crippen LogP contribution in [0.2, 0.25) is 5.02 Å². The van der Waals surface area contributed by atoms with Crippen LogP contribution in [0.4, 0.5) is 10.1 Å². The van der Waals surface area contributed by atoms with E-state index in [0.29, 0.717) is 36.9 Å². The molecule has 3 rings (SSSR count). The molecule has 2 amide bonds. The largest absolute Gasteiger partial charge is 0.492 e. The lowest BCUT2D eigenvalue weighted by atomic mass is 9.93. The molecule has 1 heterocycles. The summed E-state index contributed by atoms with van der Waals surface area (Å²) in [6, 6.07) is 1.23. The van der Waals surface area contributed by atoms with Crippen molar-refractivity contribution < 1.29 is 28.2 Å². The smallest absolute Gasteiger partial charge is 0.261 e. The third kappa shape index (κ3) is 4.07. The number of carbonyl (C=O) groups is 2. The van der Waals surface area contributed by atoms with Gasteiger partial charge in [-0.05, 0) is 32.1 Å². The van der Waals surface area contributed by atoms with Crippen molar-refractivity contribution in [1.82, 2.24) is 0 Å². The zero-order valence-corrected chi connectivity index (χ0v) is 16.8. The van der Waals surface area contributed by atoms with Gasteiger partial charge in [-0.25, -0.2) is 14.1 Å². The molecule has 0 fully saturated rings. The van der Waals surface area contributed by atoms with Gasteiger partial charge in [-0.15, -0.1) is 0 Å². The Morgan fingerprint density at radius 1 is 1.21 bits per heavy atom. The quantitative estimate of drug-likeness (QED) is 0.267. The zero-order chi connectivity index (χ0) is 21.0. The topological polar surface area (TPSA) is 72.9 Å². The number of hydrogen-bond donors (Lipinski definition) is 0. The first-order valence-corrected chi connectivity index (χ1v) is 10.0. The molecule has 1 aliphatic carbocycles. The molecule has 0 saturated heterocycles. The number of ether oxygens (including phenoxy) is 2. The lowest BCUT2D eigenvalue weighted by Crippen LogP contribution is -2.32. The third-order valence-corrected chi connectivity index (χ3v) is 5.33. The number of nitrogens with zero attached hydrogens (tertiary/aromatic N) is 1. The molecule has 0 spiro atoms. The minimum atomic E-state index is -1.02. The van der Waals surface area contributed by atoms with E-state index < -0.39 is 23.4 Å². The van der Waals surface area contributed by atoms with Crippen molar-refractivity contribution in [2.75, 3.05) is 11.5 Å². The van der Waals surface area contributed by atoms with Crippen molar-refractivity contribution in [3.63, 3.8) is 0 Å². The highest BCUT2D eigenvalue weighted by Crippen LogP contribution is 2.45. The van der Waals surface area contributed by atoms with Gasteiger partial charge in [0.05, 0.1) is 12.3 Å². The maximum Gasteiger partial charge on any atom is 0.261 e. The Bertz CT molecular complexity index is 892. The van der Waals surface area contributed by atoms with Crippen LogP contribution >= 0.6 is 11.6 Å². The molecule has 29 heavy (non-hydrogen) atoms. The zero-order valence-electron chi connectivity index (χ0n) is 16.1. The van der Waals surface area contributed by atoms with Gasteiger partial charge < -0.3 is 9.47 Å². The minimum absolute atomic E-state index is 0.0685. The summed E-state index contributed by atoms with van der Waals surface area (Å²) in [4.78, 5) is 37.0. The molecule has 0 saturated carbocycles. The van der Waals surface area contributed by atoms with Gasteiger partial charge in [-0.1, -0.05) is 31.4 Å². The monoisotopic (exact) mass is 421 g/mol. The van der Waals surface area contributed by atoms with Crippen LogP contribution in [0.5, 0.6) is 11.5 Å². The van der Waals surface area contributed by atoms with Gasteiger partial charge in [0.25, 0.3) is 11.8 Å². The summed E-state index contributed by atoms with van der Waals surface area (Å²) in [7, 11) is 0. The Balaban J connectivity index is 2.02. The van der Waals surface area contributed by atoms with Crippen molar-refractivity contribution in [1.29, 1.82) is 0 Å². The van der Waals surface area contributed by atoms with Crippen LogP contribution in [0.3, 0.4) is 0 Å². The Labute approximate surface area is 172 Å². The molecule has 6 nitrogen and oxygen atoms in total. The SMILES string of the molecule is CCCCCOc1cc(N2C(=O)C3=C(CCCC3)C2=O)c(F)c(OC=C=O)c1Cl. The van der Waals surface area contributed by atoms with Crippen LogP contribution in [0, 0.1) is 5.82 Å². The van der Waals surface area contributed by atoms with Gasteiger partial charge >= 0.3 is 0 Å². The maximum absolute atomic E-state index is 15.2. The van der Waals surface area contributed by atoms with E-state index in [-0.39, 0.29) is 16.5 Å². The van der Waals surface area contributed by atoms with Crippen LogP contribution in [-0.4, -0.2) is 24.4 Å². The number of hydrogen-bond acceptors (Lipinski definition) is 5. The molecule has 1 aromatic rings. The third-order valence-electron chi connectivity index (χ3n) is 4.97. The molecule has 0 aromatic heterocycles.